The standard InChI is InChI=1S/C16H21NO4/c1-9-10(2)16(20)17(15(9)19)8-13-7-12(11(3)18)5-6-14(13)21-4/h5-7,9-11,18H,8H2,1-4H3. The van der Waals surface area contributed by atoms with Gasteiger partial charge in [-0.1, -0.05) is 19.9 Å². The summed E-state index contributed by atoms with van der Waals surface area (Å²) in [7, 11) is 1.54. The lowest BCUT2D eigenvalue weighted by atomic mass is 10.00. The molecule has 0 saturated carbocycles. The van der Waals surface area contributed by atoms with Crippen molar-refractivity contribution in [1.29, 1.82) is 0 Å². The van der Waals surface area contributed by atoms with E-state index in [1.807, 2.05) is 0 Å². The molecule has 5 heteroatoms. The molecular weight excluding hydrogens is 270 g/mol. The zero-order valence-corrected chi connectivity index (χ0v) is 12.8. The molecule has 0 aromatic heterocycles. The third-order valence-corrected chi connectivity index (χ3v) is 4.18. The molecule has 2 rings (SSSR count). The second kappa shape index (κ2) is 5.85. The Bertz CT molecular complexity index is 547. The highest BCUT2D eigenvalue weighted by molar-refractivity contribution is 6.04. The van der Waals surface area contributed by atoms with Gasteiger partial charge < -0.3 is 9.84 Å². The molecule has 5 nitrogen and oxygen atoms in total. The Morgan fingerprint density at radius 1 is 1.24 bits per heavy atom. The zero-order chi connectivity index (χ0) is 15.7. The summed E-state index contributed by atoms with van der Waals surface area (Å²) in [4.78, 5) is 25.6. The van der Waals surface area contributed by atoms with Crippen LogP contribution in [0.25, 0.3) is 0 Å². The fraction of sp³-hybridized carbons (Fsp3) is 0.500. The van der Waals surface area contributed by atoms with Gasteiger partial charge in [-0.15, -0.1) is 0 Å². The summed E-state index contributed by atoms with van der Waals surface area (Å²) in [6.45, 7) is 5.39. The van der Waals surface area contributed by atoms with Gasteiger partial charge in [0, 0.05) is 17.4 Å². The fourth-order valence-electron chi connectivity index (χ4n) is 2.54. The van der Waals surface area contributed by atoms with Gasteiger partial charge in [-0.25, -0.2) is 0 Å². The Labute approximate surface area is 124 Å². The summed E-state index contributed by atoms with van der Waals surface area (Å²) < 4.78 is 5.28. The number of hydrogen-bond donors (Lipinski definition) is 1. The highest BCUT2D eigenvalue weighted by atomic mass is 16.5. The van der Waals surface area contributed by atoms with Gasteiger partial charge in [-0.3, -0.25) is 14.5 Å². The van der Waals surface area contributed by atoms with Crippen molar-refractivity contribution in [1.82, 2.24) is 4.90 Å². The lowest BCUT2D eigenvalue weighted by Gasteiger charge is -2.18. The van der Waals surface area contributed by atoms with Crippen LogP contribution in [0.5, 0.6) is 5.75 Å². The summed E-state index contributed by atoms with van der Waals surface area (Å²) in [5.74, 6) is -0.284. The number of imide groups is 1. The molecule has 1 aromatic carbocycles. The van der Waals surface area contributed by atoms with Crippen molar-refractivity contribution >= 4 is 11.8 Å². The molecule has 21 heavy (non-hydrogen) atoms. The molecule has 0 radical (unpaired) electrons. The van der Waals surface area contributed by atoms with Crippen LogP contribution in [0.4, 0.5) is 0 Å². The SMILES string of the molecule is COc1ccc(C(C)O)cc1CN1C(=O)C(C)C(C)C1=O. The maximum Gasteiger partial charge on any atom is 0.233 e. The lowest BCUT2D eigenvalue weighted by molar-refractivity contribution is -0.140. The summed E-state index contributed by atoms with van der Waals surface area (Å²) in [5.41, 5.74) is 1.45. The van der Waals surface area contributed by atoms with Gasteiger partial charge >= 0.3 is 0 Å². The molecule has 1 fully saturated rings. The van der Waals surface area contributed by atoms with Crippen LogP contribution in [0.15, 0.2) is 18.2 Å². The minimum Gasteiger partial charge on any atom is -0.496 e. The first-order valence-electron chi connectivity index (χ1n) is 7.07. The van der Waals surface area contributed by atoms with Crippen molar-refractivity contribution in [2.24, 2.45) is 11.8 Å². The van der Waals surface area contributed by atoms with E-state index in [0.29, 0.717) is 5.75 Å². The number of ether oxygens (including phenoxy) is 1. The summed E-state index contributed by atoms with van der Waals surface area (Å²) in [6, 6.07) is 5.29. The molecule has 1 aliphatic heterocycles. The van der Waals surface area contributed by atoms with E-state index in [1.165, 1.54) is 4.90 Å². The van der Waals surface area contributed by atoms with Crippen molar-refractivity contribution in [2.75, 3.05) is 7.11 Å². The Balaban J connectivity index is 2.32. The van der Waals surface area contributed by atoms with Crippen molar-refractivity contribution in [3.05, 3.63) is 29.3 Å². The average Bonchev–Trinajstić information content (AvgIpc) is 2.65. The largest absolute Gasteiger partial charge is 0.496 e. The number of rotatable bonds is 4. The van der Waals surface area contributed by atoms with Gasteiger partial charge in [0.1, 0.15) is 5.75 Å². The highest BCUT2D eigenvalue weighted by Gasteiger charge is 2.42. The third kappa shape index (κ3) is 2.78. The zero-order valence-electron chi connectivity index (χ0n) is 12.8. The lowest BCUT2D eigenvalue weighted by Crippen LogP contribution is -2.30. The molecule has 0 aliphatic carbocycles. The van der Waals surface area contributed by atoms with Crippen molar-refractivity contribution in [3.8, 4) is 5.75 Å². The number of amides is 2. The number of nitrogens with zero attached hydrogens (tertiary/aromatic N) is 1. The van der Waals surface area contributed by atoms with E-state index < -0.39 is 6.10 Å². The maximum absolute atomic E-state index is 12.2. The van der Waals surface area contributed by atoms with Crippen molar-refractivity contribution in [3.63, 3.8) is 0 Å². The number of benzene rings is 1. The van der Waals surface area contributed by atoms with Crippen molar-refractivity contribution in [2.45, 2.75) is 33.4 Å². The molecular formula is C16H21NO4. The first-order chi connectivity index (χ1) is 9.86. The van der Waals surface area contributed by atoms with Crippen LogP contribution in [0, 0.1) is 11.8 Å². The topological polar surface area (TPSA) is 66.8 Å². The van der Waals surface area contributed by atoms with E-state index in [-0.39, 0.29) is 30.2 Å². The van der Waals surface area contributed by atoms with E-state index in [2.05, 4.69) is 0 Å². The van der Waals surface area contributed by atoms with E-state index in [4.69, 9.17) is 4.74 Å². The van der Waals surface area contributed by atoms with Crippen LogP contribution >= 0.6 is 0 Å². The number of aliphatic hydroxyl groups excluding tert-OH is 1. The van der Waals surface area contributed by atoms with Crippen LogP contribution in [0.2, 0.25) is 0 Å². The minimum absolute atomic E-state index is 0.156. The van der Waals surface area contributed by atoms with Crippen LogP contribution in [0.3, 0.4) is 0 Å². The van der Waals surface area contributed by atoms with Crippen LogP contribution in [-0.2, 0) is 16.1 Å². The van der Waals surface area contributed by atoms with Crippen LogP contribution < -0.4 is 4.74 Å². The summed E-state index contributed by atoms with van der Waals surface area (Å²) in [5, 5.41) is 9.67. The third-order valence-electron chi connectivity index (χ3n) is 4.18. The molecule has 1 N–H and O–H groups in total. The molecule has 1 heterocycles. The van der Waals surface area contributed by atoms with Gasteiger partial charge in [0.2, 0.25) is 11.8 Å². The highest BCUT2D eigenvalue weighted by Crippen LogP contribution is 2.30. The molecule has 0 bridgehead atoms. The van der Waals surface area contributed by atoms with Crippen LogP contribution in [-0.4, -0.2) is 28.9 Å². The van der Waals surface area contributed by atoms with E-state index in [0.717, 1.165) is 11.1 Å². The molecule has 1 aromatic rings. The van der Waals surface area contributed by atoms with Gasteiger partial charge in [0.05, 0.1) is 19.8 Å². The molecule has 114 valence electrons. The predicted molar refractivity (Wildman–Crippen MR) is 77.5 cm³/mol. The van der Waals surface area contributed by atoms with E-state index >= 15 is 0 Å². The van der Waals surface area contributed by atoms with Gasteiger partial charge in [-0.05, 0) is 24.6 Å². The van der Waals surface area contributed by atoms with Crippen LogP contribution in [0.1, 0.15) is 38.0 Å². The molecule has 1 saturated heterocycles. The number of carbonyl (C=O) groups excluding carboxylic acids is 2. The van der Waals surface area contributed by atoms with Gasteiger partial charge in [-0.2, -0.15) is 0 Å². The predicted octanol–water partition coefficient (Wildman–Crippen LogP) is 1.89. The Hall–Kier alpha value is -1.88. The molecule has 3 unspecified atom stereocenters. The van der Waals surface area contributed by atoms with Gasteiger partial charge in [0.15, 0.2) is 0 Å². The Morgan fingerprint density at radius 2 is 1.81 bits per heavy atom. The number of aliphatic hydroxyl groups is 1. The van der Waals surface area contributed by atoms with Gasteiger partial charge in [0.25, 0.3) is 0 Å². The first kappa shape index (κ1) is 15.5. The average molecular weight is 291 g/mol. The quantitative estimate of drug-likeness (QED) is 0.860. The molecule has 1 aliphatic rings. The number of carbonyl (C=O) groups is 2. The summed E-state index contributed by atoms with van der Waals surface area (Å²) >= 11 is 0. The number of hydrogen-bond acceptors (Lipinski definition) is 4. The molecule has 3 atom stereocenters. The summed E-state index contributed by atoms with van der Waals surface area (Å²) in [6.07, 6.45) is -0.613. The normalized spacial score (nSPS) is 23.6. The molecule has 2 amide bonds. The number of likely N-dealkylation sites (tertiary alicyclic amines) is 1. The Morgan fingerprint density at radius 3 is 2.29 bits per heavy atom. The Kier molecular flexibility index (Phi) is 4.32. The van der Waals surface area contributed by atoms with Crippen molar-refractivity contribution < 1.29 is 19.4 Å². The molecule has 0 spiro atoms. The minimum atomic E-state index is -0.613. The second-order valence-electron chi connectivity index (χ2n) is 5.59. The fourth-order valence-corrected chi connectivity index (χ4v) is 2.54. The van der Waals surface area contributed by atoms with E-state index in [1.54, 1.807) is 46.1 Å². The smallest absolute Gasteiger partial charge is 0.233 e. The second-order valence-corrected chi connectivity index (χ2v) is 5.59. The number of methoxy groups -OCH3 is 1. The first-order valence-corrected chi connectivity index (χ1v) is 7.07. The monoisotopic (exact) mass is 291 g/mol. The maximum atomic E-state index is 12.2. The van der Waals surface area contributed by atoms with E-state index in [9.17, 15) is 14.7 Å².